The molecule has 3 rings (SSSR count). The van der Waals surface area contributed by atoms with Crippen LogP contribution in [0.1, 0.15) is 16.1 Å². The van der Waals surface area contributed by atoms with Crippen molar-refractivity contribution < 1.29 is 18.1 Å². The Morgan fingerprint density at radius 2 is 1.87 bits per heavy atom. The lowest BCUT2D eigenvalue weighted by Gasteiger charge is -2.18. The normalized spacial score (nSPS) is 11.3. The fourth-order valence-corrected chi connectivity index (χ4v) is 5.09. The summed E-state index contributed by atoms with van der Waals surface area (Å²) in [6, 6.07) is 10.1. The summed E-state index contributed by atoms with van der Waals surface area (Å²) in [5.74, 6) is -0.452. The number of hydrogen-bond donors (Lipinski definition) is 0. The molecule has 0 aliphatic rings. The lowest BCUT2D eigenvalue weighted by Crippen LogP contribution is -2.26. The Kier molecular flexibility index (Phi) is 6.25. The molecule has 11 heteroatoms. The predicted molar refractivity (Wildman–Crippen MR) is 116 cm³/mol. The molecule has 1 aromatic heterocycles. The molecule has 156 valence electrons. The van der Waals surface area contributed by atoms with E-state index in [1.54, 1.807) is 0 Å². The van der Waals surface area contributed by atoms with Gasteiger partial charge in [-0.3, -0.25) is 14.9 Å². The fraction of sp³-hybridized carbons (Fsp3) is 0.158. The number of nitro groups is 1. The molecule has 1 heterocycles. The van der Waals surface area contributed by atoms with E-state index in [4.69, 9.17) is 0 Å². The number of nitrogens with zero attached hydrogens (tertiary/aromatic N) is 3. The number of amides is 1. The molecule has 0 atom stereocenters. The smallest absolute Gasteiger partial charge is 0.284 e. The highest BCUT2D eigenvalue weighted by Crippen LogP contribution is 2.37. The van der Waals surface area contributed by atoms with Gasteiger partial charge in [-0.05, 0) is 43.3 Å². The van der Waals surface area contributed by atoms with Crippen LogP contribution in [-0.2, 0) is 9.84 Å². The van der Waals surface area contributed by atoms with Gasteiger partial charge in [0.15, 0.2) is 14.2 Å². The highest BCUT2D eigenvalue weighted by Gasteiger charge is 2.22. The number of sulfone groups is 1. The Bertz CT molecular complexity index is 1220. The molecule has 0 spiro atoms. The number of carbonyl (C=O) groups excluding carboxylic acids is 1. The Morgan fingerprint density at radius 3 is 2.40 bits per heavy atom. The van der Waals surface area contributed by atoms with Crippen LogP contribution in [0, 0.1) is 17.0 Å². The zero-order valence-electron chi connectivity index (χ0n) is 16.2. The Morgan fingerprint density at radius 1 is 1.20 bits per heavy atom. The zero-order valence-corrected chi connectivity index (χ0v) is 18.7. The Balaban J connectivity index is 1.88. The largest absolute Gasteiger partial charge is 0.311 e. The minimum atomic E-state index is -3.35. The van der Waals surface area contributed by atoms with Crippen molar-refractivity contribution in [2.45, 2.75) is 21.1 Å². The van der Waals surface area contributed by atoms with E-state index in [0.29, 0.717) is 14.9 Å². The molecule has 8 nitrogen and oxygen atoms in total. The van der Waals surface area contributed by atoms with E-state index in [1.807, 2.05) is 12.3 Å². The highest BCUT2D eigenvalue weighted by atomic mass is 32.2. The molecule has 0 fully saturated rings. The molecule has 0 aliphatic carbocycles. The maximum absolute atomic E-state index is 12.8. The van der Waals surface area contributed by atoms with E-state index in [-0.39, 0.29) is 16.1 Å². The van der Waals surface area contributed by atoms with Gasteiger partial charge in [0.1, 0.15) is 0 Å². The lowest BCUT2D eigenvalue weighted by atomic mass is 10.1. The van der Waals surface area contributed by atoms with Gasteiger partial charge in [0.05, 0.1) is 14.7 Å². The first-order chi connectivity index (χ1) is 14.1. The molecule has 0 aliphatic heterocycles. The van der Waals surface area contributed by atoms with E-state index >= 15 is 0 Å². The second-order valence-corrected chi connectivity index (χ2v) is 10.6. The lowest BCUT2D eigenvalue weighted by molar-refractivity contribution is -0.387. The molecule has 2 aromatic carbocycles. The molecule has 0 saturated heterocycles. The van der Waals surface area contributed by atoms with Crippen LogP contribution >= 0.6 is 23.1 Å². The number of carbonyl (C=O) groups is 1. The first-order valence-corrected chi connectivity index (χ1v) is 12.1. The molecule has 0 saturated carbocycles. The fourth-order valence-electron chi connectivity index (χ4n) is 2.58. The number of anilines is 1. The molecular formula is C19H17N3O5S3. The van der Waals surface area contributed by atoms with Crippen molar-refractivity contribution in [1.82, 2.24) is 4.98 Å². The van der Waals surface area contributed by atoms with Gasteiger partial charge in [-0.1, -0.05) is 11.8 Å². The topological polar surface area (TPSA) is 110 Å². The molecule has 0 N–H and O–H groups in total. The van der Waals surface area contributed by atoms with Crippen molar-refractivity contribution in [1.29, 1.82) is 0 Å². The van der Waals surface area contributed by atoms with Crippen LogP contribution in [0.2, 0.25) is 0 Å². The van der Waals surface area contributed by atoms with Gasteiger partial charge in [-0.2, -0.15) is 0 Å². The van der Waals surface area contributed by atoms with Crippen molar-refractivity contribution in [3.8, 4) is 0 Å². The van der Waals surface area contributed by atoms with Crippen LogP contribution in [0.25, 0.3) is 0 Å². The van der Waals surface area contributed by atoms with Crippen LogP contribution in [0.15, 0.2) is 62.0 Å². The van der Waals surface area contributed by atoms with Crippen LogP contribution in [-0.4, -0.2) is 37.5 Å². The van der Waals surface area contributed by atoms with Crippen molar-refractivity contribution in [2.24, 2.45) is 0 Å². The zero-order chi connectivity index (χ0) is 22.1. The van der Waals surface area contributed by atoms with Crippen molar-refractivity contribution in [3.05, 3.63) is 69.2 Å². The van der Waals surface area contributed by atoms with Gasteiger partial charge in [-0.25, -0.2) is 13.4 Å². The first kappa shape index (κ1) is 21.9. The third-order valence-electron chi connectivity index (χ3n) is 4.15. The van der Waals surface area contributed by atoms with Crippen molar-refractivity contribution >= 4 is 50.2 Å². The summed E-state index contributed by atoms with van der Waals surface area (Å²) in [5, 5.41) is 13.4. The van der Waals surface area contributed by atoms with Gasteiger partial charge in [0.2, 0.25) is 0 Å². The second-order valence-electron chi connectivity index (χ2n) is 6.43. The van der Waals surface area contributed by atoms with E-state index in [0.717, 1.165) is 11.9 Å². The average molecular weight is 464 g/mol. The summed E-state index contributed by atoms with van der Waals surface area (Å²) in [5.41, 5.74) is 1.27. The summed E-state index contributed by atoms with van der Waals surface area (Å²) in [7, 11) is -1.83. The molecule has 0 bridgehead atoms. The second kappa shape index (κ2) is 8.54. The standard InChI is InChI=1S/C19H17N3O5S3/c1-12-11-28-19(20-12)29-17-9-4-13(10-16(17)22(24)25)18(23)21(2)14-5-7-15(8-6-14)30(3,26)27/h4-11H,1-3H3. The molecule has 1 amide bonds. The molecule has 0 radical (unpaired) electrons. The number of nitro benzene ring substituents is 1. The quantitative estimate of drug-likeness (QED) is 0.398. The van der Waals surface area contributed by atoms with Crippen LogP contribution in [0.3, 0.4) is 0 Å². The van der Waals surface area contributed by atoms with Gasteiger partial charge in [0, 0.05) is 41.7 Å². The summed E-state index contributed by atoms with van der Waals surface area (Å²) < 4.78 is 23.8. The predicted octanol–water partition coefficient (Wildman–Crippen LogP) is 4.19. The third kappa shape index (κ3) is 4.86. The average Bonchev–Trinajstić information content (AvgIpc) is 3.11. The molecular weight excluding hydrogens is 446 g/mol. The van der Waals surface area contributed by atoms with Gasteiger partial charge in [0.25, 0.3) is 11.6 Å². The van der Waals surface area contributed by atoms with Gasteiger partial charge >= 0.3 is 0 Å². The number of hydrogen-bond acceptors (Lipinski definition) is 8. The summed E-state index contributed by atoms with van der Waals surface area (Å²) >= 11 is 2.57. The number of benzene rings is 2. The number of thiazole rings is 1. The summed E-state index contributed by atoms with van der Waals surface area (Å²) in [4.78, 5) is 30.0. The van der Waals surface area contributed by atoms with E-state index in [2.05, 4.69) is 4.98 Å². The van der Waals surface area contributed by atoms with E-state index in [1.165, 1.54) is 77.5 Å². The minimum Gasteiger partial charge on any atom is -0.311 e. The maximum atomic E-state index is 12.8. The number of rotatable bonds is 6. The van der Waals surface area contributed by atoms with Crippen molar-refractivity contribution in [2.75, 3.05) is 18.2 Å². The number of aromatic nitrogens is 1. The van der Waals surface area contributed by atoms with Crippen LogP contribution in [0.4, 0.5) is 11.4 Å². The Hall–Kier alpha value is -2.76. The SMILES string of the molecule is Cc1csc(Sc2ccc(C(=O)N(C)c3ccc(S(C)(=O)=O)cc3)cc2[N+](=O)[O-])n1. The van der Waals surface area contributed by atoms with Gasteiger partial charge < -0.3 is 4.90 Å². The summed E-state index contributed by atoms with van der Waals surface area (Å²) in [6.07, 6.45) is 1.10. The van der Waals surface area contributed by atoms with Crippen LogP contribution < -0.4 is 4.90 Å². The van der Waals surface area contributed by atoms with E-state index in [9.17, 15) is 23.3 Å². The highest BCUT2D eigenvalue weighted by molar-refractivity contribution is 8.01. The molecule has 30 heavy (non-hydrogen) atoms. The summed E-state index contributed by atoms with van der Waals surface area (Å²) in [6.45, 7) is 1.84. The van der Waals surface area contributed by atoms with Crippen molar-refractivity contribution in [3.63, 3.8) is 0 Å². The first-order valence-electron chi connectivity index (χ1n) is 8.53. The Labute approximate surface area is 181 Å². The van der Waals surface area contributed by atoms with E-state index < -0.39 is 20.7 Å². The third-order valence-corrected chi connectivity index (χ3v) is 7.40. The molecule has 3 aromatic rings. The monoisotopic (exact) mass is 463 g/mol. The number of aryl methyl sites for hydroxylation is 1. The van der Waals surface area contributed by atoms with Gasteiger partial charge in [-0.15, -0.1) is 11.3 Å². The van der Waals surface area contributed by atoms with Crippen LogP contribution in [0.5, 0.6) is 0 Å². The maximum Gasteiger partial charge on any atom is 0.284 e. The molecule has 0 unspecified atom stereocenters. The minimum absolute atomic E-state index is 0.140.